The Bertz CT molecular complexity index is 481. The zero-order valence-electron chi connectivity index (χ0n) is 12.1. The van der Waals surface area contributed by atoms with E-state index in [-0.39, 0.29) is 6.10 Å². The van der Waals surface area contributed by atoms with Crippen LogP contribution in [-0.2, 0) is 15.7 Å². The predicted molar refractivity (Wildman–Crippen MR) is 77.2 cm³/mol. The largest absolute Gasteiger partial charge is 0.434 e. The summed E-state index contributed by atoms with van der Waals surface area (Å²) in [6, 6.07) is 0. The molecular weight excluding hydrogens is 317 g/mol. The van der Waals surface area contributed by atoms with Gasteiger partial charge >= 0.3 is 6.18 Å². The summed E-state index contributed by atoms with van der Waals surface area (Å²) >= 11 is 1.06. The molecule has 0 spiro atoms. The monoisotopic (exact) mass is 336 g/mol. The molecule has 0 aromatic carbocycles. The maximum absolute atomic E-state index is 12.6. The summed E-state index contributed by atoms with van der Waals surface area (Å²) in [6.07, 6.45) is -1.46. The quantitative estimate of drug-likeness (QED) is 0.846. The molecule has 8 heteroatoms. The van der Waals surface area contributed by atoms with E-state index in [2.05, 4.69) is 4.98 Å². The van der Waals surface area contributed by atoms with E-state index >= 15 is 0 Å². The minimum absolute atomic E-state index is 0.193. The Balaban J connectivity index is 1.46. The zero-order chi connectivity index (χ0) is 15.6. The first-order chi connectivity index (χ1) is 10.5. The van der Waals surface area contributed by atoms with E-state index in [1.165, 1.54) is 0 Å². The highest BCUT2D eigenvalue weighted by molar-refractivity contribution is 7.13. The highest BCUT2D eigenvalue weighted by Gasteiger charge is 2.34. The molecule has 2 fully saturated rings. The van der Waals surface area contributed by atoms with Crippen LogP contribution in [0.15, 0.2) is 5.38 Å². The van der Waals surface area contributed by atoms with Crippen LogP contribution in [0.4, 0.5) is 18.3 Å². The van der Waals surface area contributed by atoms with E-state index in [9.17, 15) is 13.2 Å². The third-order valence-corrected chi connectivity index (χ3v) is 4.99. The smallest absolute Gasteiger partial charge is 0.381 e. The highest BCUT2D eigenvalue weighted by atomic mass is 32.1. The lowest BCUT2D eigenvalue weighted by atomic mass is 10.1. The Hall–Kier alpha value is -0.860. The average molecular weight is 336 g/mol. The molecular formula is C14H19F3N2O2S. The molecule has 1 atom stereocenters. The van der Waals surface area contributed by atoms with E-state index in [1.807, 2.05) is 4.90 Å². The van der Waals surface area contributed by atoms with Crippen LogP contribution in [0.1, 0.15) is 25.0 Å². The number of rotatable bonds is 4. The summed E-state index contributed by atoms with van der Waals surface area (Å²) in [7, 11) is 0. The van der Waals surface area contributed by atoms with Gasteiger partial charge in [-0.25, -0.2) is 4.98 Å². The van der Waals surface area contributed by atoms with Crippen molar-refractivity contribution in [3.8, 4) is 0 Å². The molecule has 3 rings (SSSR count). The van der Waals surface area contributed by atoms with Gasteiger partial charge in [-0.3, -0.25) is 0 Å². The summed E-state index contributed by atoms with van der Waals surface area (Å²) in [6.45, 7) is 3.70. The van der Waals surface area contributed by atoms with Gasteiger partial charge in [0.1, 0.15) is 0 Å². The van der Waals surface area contributed by atoms with Crippen LogP contribution in [0.3, 0.4) is 0 Å². The normalized spacial score (nSPS) is 24.1. The van der Waals surface area contributed by atoms with Crippen molar-refractivity contribution in [3.63, 3.8) is 0 Å². The fourth-order valence-corrected chi connectivity index (χ4v) is 3.63. The maximum atomic E-state index is 12.6. The number of piperidine rings is 1. The molecule has 124 valence electrons. The molecule has 0 amide bonds. The second-order valence-corrected chi connectivity index (χ2v) is 6.60. The van der Waals surface area contributed by atoms with Crippen molar-refractivity contribution in [2.75, 3.05) is 37.8 Å². The lowest BCUT2D eigenvalue weighted by Crippen LogP contribution is -2.37. The second kappa shape index (κ2) is 6.72. The molecule has 0 aliphatic carbocycles. The predicted octanol–water partition coefficient (Wildman–Crippen LogP) is 3.18. The summed E-state index contributed by atoms with van der Waals surface area (Å²) in [5.41, 5.74) is -0.799. The standard InChI is InChI=1S/C14H19F3N2O2S/c15-14(16,17)12-9-22-13(18-12)19-4-1-11(2-5-19)21-8-10-3-6-20-7-10/h9-11H,1-8H2. The Morgan fingerprint density at radius 3 is 2.68 bits per heavy atom. The zero-order valence-corrected chi connectivity index (χ0v) is 13.0. The van der Waals surface area contributed by atoms with Crippen LogP contribution in [0.5, 0.6) is 0 Å². The Morgan fingerprint density at radius 1 is 1.32 bits per heavy atom. The molecule has 3 heterocycles. The number of ether oxygens (including phenoxy) is 2. The molecule has 2 saturated heterocycles. The molecule has 0 bridgehead atoms. The number of halogens is 3. The fraction of sp³-hybridized carbons (Fsp3) is 0.786. The Morgan fingerprint density at radius 2 is 2.09 bits per heavy atom. The number of aromatic nitrogens is 1. The van der Waals surface area contributed by atoms with Gasteiger partial charge in [0.25, 0.3) is 0 Å². The first kappa shape index (κ1) is 16.0. The molecule has 0 radical (unpaired) electrons. The van der Waals surface area contributed by atoms with E-state index in [1.54, 1.807) is 0 Å². The fourth-order valence-electron chi connectivity index (χ4n) is 2.74. The lowest BCUT2D eigenvalue weighted by molar-refractivity contribution is -0.140. The van der Waals surface area contributed by atoms with Crippen LogP contribution in [-0.4, -0.2) is 44.0 Å². The van der Waals surface area contributed by atoms with E-state index in [0.29, 0.717) is 24.1 Å². The SMILES string of the molecule is FC(F)(F)c1csc(N2CCC(OCC3CCOC3)CC2)n1. The number of hydrogen-bond acceptors (Lipinski definition) is 5. The van der Waals surface area contributed by atoms with E-state index in [0.717, 1.165) is 55.8 Å². The Kier molecular flexibility index (Phi) is 4.89. The van der Waals surface area contributed by atoms with E-state index < -0.39 is 11.9 Å². The molecule has 1 unspecified atom stereocenters. The van der Waals surface area contributed by atoms with E-state index in [4.69, 9.17) is 9.47 Å². The van der Waals surface area contributed by atoms with Crippen LogP contribution in [0.2, 0.25) is 0 Å². The van der Waals surface area contributed by atoms with Gasteiger partial charge in [0.15, 0.2) is 10.8 Å². The van der Waals surface area contributed by atoms with Crippen LogP contribution < -0.4 is 4.90 Å². The van der Waals surface area contributed by atoms with Gasteiger partial charge in [-0.05, 0) is 19.3 Å². The van der Waals surface area contributed by atoms with Crippen molar-refractivity contribution in [2.24, 2.45) is 5.92 Å². The van der Waals surface area contributed by atoms with Crippen molar-refractivity contribution in [2.45, 2.75) is 31.5 Å². The van der Waals surface area contributed by atoms with Gasteiger partial charge in [0.2, 0.25) is 0 Å². The first-order valence-electron chi connectivity index (χ1n) is 7.49. The second-order valence-electron chi connectivity index (χ2n) is 5.76. The molecule has 4 nitrogen and oxygen atoms in total. The number of alkyl halides is 3. The van der Waals surface area contributed by atoms with Crippen LogP contribution in [0, 0.1) is 5.92 Å². The van der Waals surface area contributed by atoms with Gasteiger partial charge in [-0.15, -0.1) is 11.3 Å². The molecule has 0 N–H and O–H groups in total. The van der Waals surface area contributed by atoms with Crippen molar-refractivity contribution in [3.05, 3.63) is 11.1 Å². The summed E-state index contributed by atoms with van der Waals surface area (Å²) in [4.78, 5) is 5.62. The topological polar surface area (TPSA) is 34.6 Å². The highest BCUT2D eigenvalue weighted by Crippen LogP contribution is 2.34. The van der Waals surface area contributed by atoms with Gasteiger partial charge in [-0.2, -0.15) is 13.2 Å². The summed E-state index contributed by atoms with van der Waals surface area (Å²) in [5.74, 6) is 0.492. The summed E-state index contributed by atoms with van der Waals surface area (Å²) < 4.78 is 48.9. The number of anilines is 1. The number of hydrogen-bond donors (Lipinski definition) is 0. The van der Waals surface area contributed by atoms with Gasteiger partial charge in [0.05, 0.1) is 19.3 Å². The van der Waals surface area contributed by atoms with Gasteiger partial charge < -0.3 is 14.4 Å². The average Bonchev–Trinajstić information content (AvgIpc) is 3.16. The number of thiazole rings is 1. The third kappa shape index (κ3) is 3.91. The minimum Gasteiger partial charge on any atom is -0.381 e. The van der Waals surface area contributed by atoms with Gasteiger partial charge in [0, 0.05) is 31.0 Å². The maximum Gasteiger partial charge on any atom is 0.434 e. The van der Waals surface area contributed by atoms with Crippen molar-refractivity contribution < 1.29 is 22.6 Å². The molecule has 2 aliphatic heterocycles. The first-order valence-corrected chi connectivity index (χ1v) is 8.37. The van der Waals surface area contributed by atoms with Crippen molar-refractivity contribution in [1.29, 1.82) is 0 Å². The molecule has 0 saturated carbocycles. The van der Waals surface area contributed by atoms with Crippen LogP contribution >= 0.6 is 11.3 Å². The molecule has 1 aromatic rings. The number of nitrogens with zero attached hydrogens (tertiary/aromatic N) is 2. The molecule has 1 aromatic heterocycles. The summed E-state index contributed by atoms with van der Waals surface area (Å²) in [5, 5.41) is 1.54. The van der Waals surface area contributed by atoms with Gasteiger partial charge in [-0.1, -0.05) is 0 Å². The van der Waals surface area contributed by atoms with Crippen molar-refractivity contribution in [1.82, 2.24) is 4.98 Å². The Labute approximate surface area is 131 Å². The third-order valence-electron chi connectivity index (χ3n) is 4.09. The minimum atomic E-state index is -4.36. The van der Waals surface area contributed by atoms with Crippen LogP contribution in [0.25, 0.3) is 0 Å². The lowest BCUT2D eigenvalue weighted by Gasteiger charge is -2.32. The molecule has 22 heavy (non-hydrogen) atoms. The van der Waals surface area contributed by atoms with Crippen molar-refractivity contribution >= 4 is 16.5 Å². The molecule has 2 aliphatic rings.